The van der Waals surface area contributed by atoms with E-state index in [0.29, 0.717) is 6.54 Å². The lowest BCUT2D eigenvalue weighted by molar-refractivity contribution is 0.423. The lowest BCUT2D eigenvalue weighted by Crippen LogP contribution is -2.41. The van der Waals surface area contributed by atoms with Crippen LogP contribution in [0.3, 0.4) is 0 Å². The van der Waals surface area contributed by atoms with Gasteiger partial charge in [-0.15, -0.1) is 0 Å². The van der Waals surface area contributed by atoms with E-state index in [-0.39, 0.29) is 11.3 Å². The molecule has 0 rings (SSSR count). The molecule has 0 aliphatic heterocycles. The van der Waals surface area contributed by atoms with Crippen LogP contribution < -0.4 is 15.4 Å². The third-order valence-electron chi connectivity index (χ3n) is 1.82. The minimum Gasteiger partial charge on any atom is -0.314 e. The molecule has 0 aromatic heterocycles. The molecule has 0 unspecified atom stereocenters. The Labute approximate surface area is 93.1 Å². The second-order valence-corrected chi connectivity index (χ2v) is 6.50. The van der Waals surface area contributed by atoms with E-state index in [1.54, 1.807) is 0 Å². The quantitative estimate of drug-likeness (QED) is 0.523. The van der Waals surface area contributed by atoms with Gasteiger partial charge < -0.3 is 10.6 Å². The Morgan fingerprint density at radius 2 is 1.67 bits per heavy atom. The normalized spacial score (nSPS) is 13.1. The SMILES string of the molecule is CNS(=O)(=O)CCNCCNC(C)(C)C. The molecule has 0 aromatic carbocycles. The van der Waals surface area contributed by atoms with Gasteiger partial charge in [-0.05, 0) is 27.8 Å². The molecule has 0 amide bonds. The van der Waals surface area contributed by atoms with Gasteiger partial charge in [0.2, 0.25) is 10.0 Å². The van der Waals surface area contributed by atoms with Gasteiger partial charge in [0.15, 0.2) is 0 Å². The van der Waals surface area contributed by atoms with E-state index in [9.17, 15) is 8.42 Å². The van der Waals surface area contributed by atoms with Gasteiger partial charge in [-0.2, -0.15) is 0 Å². The summed E-state index contributed by atoms with van der Waals surface area (Å²) in [5.41, 5.74) is 0.110. The third-order valence-corrected chi connectivity index (χ3v) is 3.18. The molecular weight excluding hydrogens is 214 g/mol. The summed E-state index contributed by atoms with van der Waals surface area (Å²) in [6.45, 7) is 8.38. The van der Waals surface area contributed by atoms with Crippen LogP contribution in [-0.2, 0) is 10.0 Å². The van der Waals surface area contributed by atoms with Gasteiger partial charge in [-0.25, -0.2) is 13.1 Å². The molecule has 0 bridgehead atoms. The summed E-state index contributed by atoms with van der Waals surface area (Å²) < 4.78 is 24.3. The van der Waals surface area contributed by atoms with Gasteiger partial charge in [0, 0.05) is 25.2 Å². The summed E-state index contributed by atoms with van der Waals surface area (Å²) in [4.78, 5) is 0. The van der Waals surface area contributed by atoms with Crippen LogP contribution in [0.25, 0.3) is 0 Å². The molecule has 0 spiro atoms. The molecule has 6 heteroatoms. The topological polar surface area (TPSA) is 70.2 Å². The van der Waals surface area contributed by atoms with Crippen LogP contribution in [0, 0.1) is 0 Å². The lowest BCUT2D eigenvalue weighted by Gasteiger charge is -2.20. The van der Waals surface area contributed by atoms with E-state index < -0.39 is 10.0 Å². The lowest BCUT2D eigenvalue weighted by atomic mass is 10.1. The van der Waals surface area contributed by atoms with Crippen LogP contribution in [0.15, 0.2) is 0 Å². The van der Waals surface area contributed by atoms with Crippen molar-refractivity contribution in [2.24, 2.45) is 0 Å². The van der Waals surface area contributed by atoms with E-state index >= 15 is 0 Å². The zero-order chi connectivity index (χ0) is 11.9. The summed E-state index contributed by atoms with van der Waals surface area (Å²) in [5, 5.41) is 6.37. The van der Waals surface area contributed by atoms with E-state index in [0.717, 1.165) is 13.1 Å². The van der Waals surface area contributed by atoms with Crippen LogP contribution in [0.5, 0.6) is 0 Å². The van der Waals surface area contributed by atoms with Crippen molar-refractivity contribution < 1.29 is 8.42 Å². The van der Waals surface area contributed by atoms with E-state index in [2.05, 4.69) is 36.1 Å². The largest absolute Gasteiger partial charge is 0.314 e. The molecule has 15 heavy (non-hydrogen) atoms. The van der Waals surface area contributed by atoms with Crippen molar-refractivity contribution in [1.29, 1.82) is 0 Å². The fraction of sp³-hybridized carbons (Fsp3) is 1.00. The third kappa shape index (κ3) is 10.1. The summed E-state index contributed by atoms with van der Waals surface area (Å²) >= 11 is 0. The minimum absolute atomic E-state index is 0.110. The molecule has 0 fully saturated rings. The van der Waals surface area contributed by atoms with Crippen LogP contribution in [-0.4, -0.2) is 46.4 Å². The van der Waals surface area contributed by atoms with E-state index in [1.807, 2.05) is 0 Å². The Hall–Kier alpha value is -0.170. The molecule has 92 valence electrons. The molecule has 0 aromatic rings. The van der Waals surface area contributed by atoms with Gasteiger partial charge in [-0.3, -0.25) is 0 Å². The Balaban J connectivity index is 3.42. The fourth-order valence-corrected chi connectivity index (χ4v) is 1.58. The maximum Gasteiger partial charge on any atom is 0.212 e. The summed E-state index contributed by atoms with van der Waals surface area (Å²) in [7, 11) is -1.64. The number of hydrogen-bond acceptors (Lipinski definition) is 4. The molecule has 0 aliphatic rings. The summed E-state index contributed by atoms with van der Waals surface area (Å²) in [6, 6.07) is 0. The Bertz CT molecular complexity index is 257. The van der Waals surface area contributed by atoms with Crippen molar-refractivity contribution in [3.8, 4) is 0 Å². The zero-order valence-electron chi connectivity index (χ0n) is 10.1. The second-order valence-electron chi connectivity index (χ2n) is 4.45. The average Bonchev–Trinajstić information content (AvgIpc) is 2.09. The highest BCUT2D eigenvalue weighted by molar-refractivity contribution is 7.89. The highest BCUT2D eigenvalue weighted by Crippen LogP contribution is 1.96. The van der Waals surface area contributed by atoms with Gasteiger partial charge in [-0.1, -0.05) is 0 Å². The standard InChI is InChI=1S/C9H23N3O2S/c1-9(2,3)12-6-5-11-7-8-15(13,14)10-4/h10-12H,5-8H2,1-4H3. The van der Waals surface area contributed by atoms with Gasteiger partial charge in [0.25, 0.3) is 0 Å². The maximum absolute atomic E-state index is 11.0. The summed E-state index contributed by atoms with van der Waals surface area (Å²) in [5.74, 6) is 0.124. The Kier molecular flexibility index (Phi) is 6.35. The summed E-state index contributed by atoms with van der Waals surface area (Å²) in [6.07, 6.45) is 0. The van der Waals surface area contributed by atoms with Crippen molar-refractivity contribution in [2.75, 3.05) is 32.4 Å². The van der Waals surface area contributed by atoms with Crippen molar-refractivity contribution in [3.05, 3.63) is 0 Å². The van der Waals surface area contributed by atoms with Crippen LogP contribution in [0.4, 0.5) is 0 Å². The van der Waals surface area contributed by atoms with Gasteiger partial charge in [0.1, 0.15) is 0 Å². The highest BCUT2D eigenvalue weighted by atomic mass is 32.2. The van der Waals surface area contributed by atoms with E-state index in [1.165, 1.54) is 7.05 Å². The first-order valence-corrected chi connectivity index (χ1v) is 6.79. The monoisotopic (exact) mass is 237 g/mol. The molecule has 0 saturated carbocycles. The number of nitrogens with one attached hydrogen (secondary N) is 3. The fourth-order valence-electron chi connectivity index (χ4n) is 0.959. The number of hydrogen-bond donors (Lipinski definition) is 3. The predicted octanol–water partition coefficient (Wildman–Crippen LogP) is -0.487. The highest BCUT2D eigenvalue weighted by Gasteiger charge is 2.08. The predicted molar refractivity (Wildman–Crippen MR) is 63.5 cm³/mol. The molecule has 0 aliphatic carbocycles. The van der Waals surface area contributed by atoms with Crippen LogP contribution >= 0.6 is 0 Å². The molecule has 3 N–H and O–H groups in total. The smallest absolute Gasteiger partial charge is 0.212 e. The first-order chi connectivity index (χ1) is 6.77. The Morgan fingerprint density at radius 3 is 2.13 bits per heavy atom. The first-order valence-electron chi connectivity index (χ1n) is 5.14. The van der Waals surface area contributed by atoms with Crippen molar-refractivity contribution >= 4 is 10.0 Å². The van der Waals surface area contributed by atoms with Gasteiger partial charge >= 0.3 is 0 Å². The van der Waals surface area contributed by atoms with Crippen LogP contribution in [0.1, 0.15) is 20.8 Å². The van der Waals surface area contributed by atoms with Crippen molar-refractivity contribution in [1.82, 2.24) is 15.4 Å². The minimum atomic E-state index is -3.07. The number of sulfonamides is 1. The first kappa shape index (κ1) is 14.8. The van der Waals surface area contributed by atoms with Crippen LogP contribution in [0.2, 0.25) is 0 Å². The molecule has 0 radical (unpaired) electrons. The number of rotatable bonds is 7. The van der Waals surface area contributed by atoms with E-state index in [4.69, 9.17) is 0 Å². The Morgan fingerprint density at radius 1 is 1.07 bits per heavy atom. The molecule has 0 saturated heterocycles. The van der Waals surface area contributed by atoms with Gasteiger partial charge in [0.05, 0.1) is 5.75 Å². The van der Waals surface area contributed by atoms with Crippen molar-refractivity contribution in [3.63, 3.8) is 0 Å². The average molecular weight is 237 g/mol. The zero-order valence-corrected chi connectivity index (χ0v) is 10.9. The molecular formula is C9H23N3O2S. The molecule has 5 nitrogen and oxygen atoms in total. The molecule has 0 heterocycles. The maximum atomic E-state index is 11.0. The second kappa shape index (κ2) is 6.42. The van der Waals surface area contributed by atoms with Crippen molar-refractivity contribution in [2.45, 2.75) is 26.3 Å². The molecule has 0 atom stereocenters.